The molecule has 0 radical (unpaired) electrons. The Hall–Kier alpha value is -2.41. The Morgan fingerprint density at radius 1 is 1.31 bits per heavy atom. The number of rotatable bonds is 5. The van der Waals surface area contributed by atoms with Gasteiger partial charge in [-0.1, -0.05) is 17.7 Å². The number of aromatic nitrogens is 2. The van der Waals surface area contributed by atoms with Crippen LogP contribution in [0.1, 0.15) is 25.7 Å². The molecular weight excluding hydrogens is 359 g/mol. The summed E-state index contributed by atoms with van der Waals surface area (Å²) >= 11 is 6.20. The lowest BCUT2D eigenvalue weighted by molar-refractivity contribution is 0.190. The first-order valence-corrected chi connectivity index (χ1v) is 8.91. The average molecular weight is 379 g/mol. The number of hydrogen-bond acceptors (Lipinski definition) is 4. The molecule has 0 unspecified atom stereocenters. The van der Waals surface area contributed by atoms with Gasteiger partial charge in [-0.2, -0.15) is 4.39 Å². The maximum Gasteiger partial charge on any atom is 0.404 e. The summed E-state index contributed by atoms with van der Waals surface area (Å²) in [6.07, 6.45) is 4.32. The van der Waals surface area contributed by atoms with Crippen molar-refractivity contribution in [3.8, 4) is 11.3 Å². The van der Waals surface area contributed by atoms with Crippen molar-refractivity contribution >= 4 is 23.5 Å². The van der Waals surface area contributed by atoms with Crippen LogP contribution in [-0.2, 0) is 0 Å². The molecular formula is C18H20ClFN4O2. The lowest BCUT2D eigenvalue weighted by Gasteiger charge is -2.29. The van der Waals surface area contributed by atoms with Crippen LogP contribution in [0, 0.1) is 11.9 Å². The summed E-state index contributed by atoms with van der Waals surface area (Å²) in [5, 5.41) is 14.9. The largest absolute Gasteiger partial charge is 0.465 e. The van der Waals surface area contributed by atoms with Crippen molar-refractivity contribution in [2.24, 2.45) is 5.92 Å². The third-order valence-corrected chi connectivity index (χ3v) is 4.89. The quantitative estimate of drug-likeness (QED) is 0.679. The number of carboxylic acid groups (broad SMARTS) is 1. The number of nitrogens with one attached hydrogen (secondary N) is 2. The first-order valence-electron chi connectivity index (χ1n) is 8.53. The van der Waals surface area contributed by atoms with Crippen LogP contribution in [0.15, 0.2) is 30.5 Å². The van der Waals surface area contributed by atoms with Crippen molar-refractivity contribution in [1.82, 2.24) is 15.3 Å². The molecule has 3 rings (SSSR count). The molecule has 0 spiro atoms. The van der Waals surface area contributed by atoms with E-state index in [2.05, 4.69) is 20.6 Å². The maximum atomic E-state index is 13.4. The minimum absolute atomic E-state index is 0.262. The summed E-state index contributed by atoms with van der Waals surface area (Å²) in [5.74, 6) is 0.482. The second kappa shape index (κ2) is 8.31. The van der Waals surface area contributed by atoms with Gasteiger partial charge < -0.3 is 15.7 Å². The first kappa shape index (κ1) is 18.4. The highest BCUT2D eigenvalue weighted by atomic mass is 35.5. The molecule has 0 atom stereocenters. The first-order chi connectivity index (χ1) is 12.5. The van der Waals surface area contributed by atoms with Crippen molar-refractivity contribution in [1.29, 1.82) is 0 Å². The van der Waals surface area contributed by atoms with Crippen molar-refractivity contribution in [3.63, 3.8) is 0 Å². The van der Waals surface area contributed by atoms with Gasteiger partial charge in [0.1, 0.15) is 5.82 Å². The molecule has 1 aliphatic rings. The number of carbonyl (C=O) groups is 1. The van der Waals surface area contributed by atoms with E-state index in [0.29, 0.717) is 34.6 Å². The third-order valence-electron chi connectivity index (χ3n) is 4.59. The maximum absolute atomic E-state index is 13.4. The van der Waals surface area contributed by atoms with E-state index in [9.17, 15) is 9.18 Å². The minimum atomic E-state index is -0.978. The molecule has 1 fully saturated rings. The Balaban J connectivity index is 1.63. The van der Waals surface area contributed by atoms with E-state index in [1.165, 1.54) is 12.3 Å². The van der Waals surface area contributed by atoms with Crippen molar-refractivity contribution < 1.29 is 14.3 Å². The van der Waals surface area contributed by atoms with Gasteiger partial charge in [-0.3, -0.25) is 0 Å². The van der Waals surface area contributed by atoms with Crippen LogP contribution < -0.4 is 10.6 Å². The topological polar surface area (TPSA) is 87.1 Å². The highest BCUT2D eigenvalue weighted by molar-refractivity contribution is 6.33. The highest BCUT2D eigenvalue weighted by Crippen LogP contribution is 2.30. The predicted molar refractivity (Wildman–Crippen MR) is 97.8 cm³/mol. The number of pyridine rings is 2. The van der Waals surface area contributed by atoms with E-state index in [0.717, 1.165) is 25.7 Å². The van der Waals surface area contributed by atoms with E-state index in [1.54, 1.807) is 18.2 Å². The fraction of sp³-hybridized carbons (Fsp3) is 0.389. The van der Waals surface area contributed by atoms with Gasteiger partial charge in [0.25, 0.3) is 0 Å². The fourth-order valence-corrected chi connectivity index (χ4v) is 3.42. The van der Waals surface area contributed by atoms with Crippen molar-refractivity contribution in [3.05, 3.63) is 41.4 Å². The van der Waals surface area contributed by atoms with Gasteiger partial charge in [-0.05, 0) is 49.8 Å². The standard InChI is InChI=1S/C18H20ClFN4O2/c19-14-10-21-17(8-13(14)15-2-1-3-16(20)24-15)23-12-6-4-11(5-7-12)9-22-18(25)26/h1-3,8,10-12,22H,4-7,9H2,(H,21,23)(H,25,26)/t11-,12-. The second-order valence-corrected chi connectivity index (χ2v) is 6.85. The molecule has 3 N–H and O–H groups in total. The molecule has 138 valence electrons. The molecule has 1 saturated carbocycles. The van der Waals surface area contributed by atoms with Crippen molar-refractivity contribution in [2.45, 2.75) is 31.7 Å². The number of anilines is 1. The molecule has 0 aliphatic heterocycles. The van der Waals surface area contributed by atoms with Crippen LogP contribution in [0.25, 0.3) is 11.3 Å². The van der Waals surface area contributed by atoms with Crippen LogP contribution in [0.2, 0.25) is 5.02 Å². The van der Waals surface area contributed by atoms with E-state index < -0.39 is 12.0 Å². The van der Waals surface area contributed by atoms with Gasteiger partial charge in [0.15, 0.2) is 0 Å². The zero-order valence-electron chi connectivity index (χ0n) is 14.1. The summed E-state index contributed by atoms with van der Waals surface area (Å²) in [7, 11) is 0. The molecule has 2 aromatic rings. The van der Waals surface area contributed by atoms with Gasteiger partial charge in [0, 0.05) is 24.3 Å². The van der Waals surface area contributed by atoms with Gasteiger partial charge in [-0.25, -0.2) is 14.8 Å². The SMILES string of the molecule is O=C(O)NC[C@H]1CC[C@H](Nc2cc(-c3cccc(F)n3)c(Cl)cn2)CC1. The van der Waals surface area contributed by atoms with E-state index in [4.69, 9.17) is 16.7 Å². The van der Waals surface area contributed by atoms with Crippen LogP contribution in [0.5, 0.6) is 0 Å². The lowest BCUT2D eigenvalue weighted by atomic mass is 9.86. The molecule has 2 heterocycles. The van der Waals surface area contributed by atoms with Gasteiger partial charge >= 0.3 is 6.09 Å². The third kappa shape index (κ3) is 4.82. The van der Waals surface area contributed by atoms with E-state index in [1.807, 2.05) is 0 Å². The zero-order valence-corrected chi connectivity index (χ0v) is 14.8. The second-order valence-electron chi connectivity index (χ2n) is 6.44. The minimum Gasteiger partial charge on any atom is -0.465 e. The van der Waals surface area contributed by atoms with Crippen LogP contribution in [0.4, 0.5) is 15.0 Å². The molecule has 0 aromatic carbocycles. The molecule has 0 saturated heterocycles. The van der Waals surface area contributed by atoms with Crippen LogP contribution in [0.3, 0.4) is 0 Å². The fourth-order valence-electron chi connectivity index (χ4n) is 3.22. The van der Waals surface area contributed by atoms with Gasteiger partial charge in [-0.15, -0.1) is 0 Å². The Labute approximate surface area is 155 Å². The molecule has 0 bridgehead atoms. The average Bonchev–Trinajstić information content (AvgIpc) is 2.62. The number of hydrogen-bond donors (Lipinski definition) is 3. The Morgan fingerprint density at radius 2 is 2.08 bits per heavy atom. The molecule has 26 heavy (non-hydrogen) atoms. The Morgan fingerprint density at radius 3 is 2.77 bits per heavy atom. The summed E-state index contributed by atoms with van der Waals surface area (Å²) in [4.78, 5) is 18.8. The normalized spacial score (nSPS) is 19.8. The molecule has 1 amide bonds. The van der Waals surface area contributed by atoms with E-state index in [-0.39, 0.29) is 6.04 Å². The summed E-state index contributed by atoms with van der Waals surface area (Å²) in [6, 6.07) is 6.62. The van der Waals surface area contributed by atoms with Crippen molar-refractivity contribution in [2.75, 3.05) is 11.9 Å². The van der Waals surface area contributed by atoms with Gasteiger partial charge in [0.05, 0.1) is 10.7 Å². The van der Waals surface area contributed by atoms with Gasteiger partial charge in [0.2, 0.25) is 5.95 Å². The summed E-state index contributed by atoms with van der Waals surface area (Å²) < 4.78 is 13.4. The molecule has 6 nitrogen and oxygen atoms in total. The smallest absolute Gasteiger partial charge is 0.404 e. The molecule has 1 aliphatic carbocycles. The highest BCUT2D eigenvalue weighted by Gasteiger charge is 2.22. The monoisotopic (exact) mass is 378 g/mol. The zero-order chi connectivity index (χ0) is 18.5. The summed E-state index contributed by atoms with van der Waals surface area (Å²) in [5.41, 5.74) is 1.09. The Kier molecular flexibility index (Phi) is 5.88. The van der Waals surface area contributed by atoms with Crippen LogP contribution in [-0.4, -0.2) is 33.8 Å². The number of amides is 1. The summed E-state index contributed by atoms with van der Waals surface area (Å²) in [6.45, 7) is 0.497. The van der Waals surface area contributed by atoms with Crippen LogP contribution >= 0.6 is 11.6 Å². The lowest BCUT2D eigenvalue weighted by Crippen LogP contribution is -2.33. The number of nitrogens with zero attached hydrogens (tertiary/aromatic N) is 2. The Bertz CT molecular complexity index is 782. The predicted octanol–water partition coefficient (Wildman–Crippen LogP) is 4.17. The number of halogens is 2. The molecule has 2 aromatic heterocycles. The molecule has 8 heteroatoms. The van der Waals surface area contributed by atoms with E-state index >= 15 is 0 Å².